The van der Waals surface area contributed by atoms with Gasteiger partial charge in [-0.1, -0.05) is 36.4 Å². The van der Waals surface area contributed by atoms with E-state index in [1.165, 1.54) is 0 Å². The highest BCUT2D eigenvalue weighted by molar-refractivity contribution is 5.51. The van der Waals surface area contributed by atoms with Gasteiger partial charge in [0.2, 0.25) is 0 Å². The first-order valence-corrected chi connectivity index (χ1v) is 7.52. The van der Waals surface area contributed by atoms with Crippen molar-refractivity contribution in [3.8, 4) is 5.75 Å². The number of benzene rings is 2. The molecule has 1 unspecified atom stereocenters. The van der Waals surface area contributed by atoms with Gasteiger partial charge in [0.15, 0.2) is 0 Å². The summed E-state index contributed by atoms with van der Waals surface area (Å²) < 4.78 is 10.6. The summed E-state index contributed by atoms with van der Waals surface area (Å²) in [6, 6.07) is 22.1. The van der Waals surface area contributed by atoms with E-state index in [9.17, 15) is 0 Å². The summed E-state index contributed by atoms with van der Waals surface area (Å²) in [5, 5.41) is 3.53. The second-order valence-corrected chi connectivity index (χ2v) is 5.14. The fourth-order valence-electron chi connectivity index (χ4n) is 2.34. The predicted octanol–water partition coefficient (Wildman–Crippen LogP) is 5.15. The molecule has 0 saturated heterocycles. The molecule has 1 atom stereocenters. The number of para-hydroxylation sites is 1. The molecule has 0 aliphatic heterocycles. The van der Waals surface area contributed by atoms with E-state index in [1.807, 2.05) is 48.5 Å². The summed E-state index contributed by atoms with van der Waals surface area (Å²) >= 11 is 0. The van der Waals surface area contributed by atoms with Crippen molar-refractivity contribution in [1.29, 1.82) is 0 Å². The first-order chi connectivity index (χ1) is 11.3. The zero-order valence-corrected chi connectivity index (χ0v) is 13.0. The van der Waals surface area contributed by atoms with Crippen LogP contribution in [0.5, 0.6) is 5.75 Å². The highest BCUT2D eigenvalue weighted by Crippen LogP contribution is 2.24. The quantitative estimate of drug-likeness (QED) is 0.683. The molecule has 3 rings (SSSR count). The highest BCUT2D eigenvalue weighted by Gasteiger charge is 2.08. The SMILES string of the molecule is COc1ccc(C(/C=C/c2ccco2)Nc2ccccc2)cc1. The minimum Gasteiger partial charge on any atom is -0.497 e. The van der Waals surface area contributed by atoms with Crippen LogP contribution in [-0.2, 0) is 0 Å². The summed E-state index contributed by atoms with van der Waals surface area (Å²) in [4.78, 5) is 0. The van der Waals surface area contributed by atoms with Crippen LogP contribution in [0, 0.1) is 0 Å². The lowest BCUT2D eigenvalue weighted by atomic mass is 10.1. The smallest absolute Gasteiger partial charge is 0.126 e. The van der Waals surface area contributed by atoms with Crippen LogP contribution in [-0.4, -0.2) is 7.11 Å². The molecule has 0 spiro atoms. The van der Waals surface area contributed by atoms with Gasteiger partial charge in [-0.25, -0.2) is 0 Å². The van der Waals surface area contributed by atoms with Crippen LogP contribution < -0.4 is 10.1 Å². The molecule has 0 radical (unpaired) electrons. The molecule has 0 aliphatic rings. The topological polar surface area (TPSA) is 34.4 Å². The van der Waals surface area contributed by atoms with Gasteiger partial charge in [-0.2, -0.15) is 0 Å². The van der Waals surface area contributed by atoms with Crippen LogP contribution in [0.4, 0.5) is 5.69 Å². The lowest BCUT2D eigenvalue weighted by Crippen LogP contribution is -2.08. The molecule has 1 heterocycles. The fourth-order valence-corrected chi connectivity index (χ4v) is 2.34. The maximum Gasteiger partial charge on any atom is 0.126 e. The van der Waals surface area contributed by atoms with Crippen molar-refractivity contribution in [1.82, 2.24) is 0 Å². The molecule has 3 heteroatoms. The van der Waals surface area contributed by atoms with Crippen LogP contribution in [0.1, 0.15) is 17.4 Å². The molecule has 3 nitrogen and oxygen atoms in total. The molecule has 0 amide bonds. The van der Waals surface area contributed by atoms with Crippen molar-refractivity contribution in [2.24, 2.45) is 0 Å². The van der Waals surface area contributed by atoms with Crippen LogP contribution in [0.25, 0.3) is 6.08 Å². The number of furan rings is 1. The van der Waals surface area contributed by atoms with E-state index in [4.69, 9.17) is 9.15 Å². The minimum absolute atomic E-state index is 0.0356. The molecule has 0 aliphatic carbocycles. The van der Waals surface area contributed by atoms with Crippen LogP contribution in [0.3, 0.4) is 0 Å². The number of ether oxygens (including phenoxy) is 1. The van der Waals surface area contributed by atoms with Crippen molar-refractivity contribution in [2.75, 3.05) is 12.4 Å². The zero-order valence-electron chi connectivity index (χ0n) is 13.0. The van der Waals surface area contributed by atoms with Gasteiger partial charge < -0.3 is 14.5 Å². The predicted molar refractivity (Wildman–Crippen MR) is 93.5 cm³/mol. The molecular formula is C20H19NO2. The third-order valence-corrected chi connectivity index (χ3v) is 3.57. The van der Waals surface area contributed by atoms with Gasteiger partial charge in [0.05, 0.1) is 19.4 Å². The maximum absolute atomic E-state index is 5.37. The summed E-state index contributed by atoms with van der Waals surface area (Å²) in [6.45, 7) is 0. The second-order valence-electron chi connectivity index (χ2n) is 5.14. The standard InChI is InChI=1S/C20H19NO2/c1-22-18-11-9-16(10-12-18)20(14-13-19-8-5-15-23-19)21-17-6-3-2-4-7-17/h2-15,20-21H,1H3/b14-13+. The molecule has 2 aromatic carbocycles. The Balaban J connectivity index is 1.85. The third kappa shape index (κ3) is 4.04. The van der Waals surface area contributed by atoms with Gasteiger partial charge in [0.1, 0.15) is 11.5 Å². The number of anilines is 1. The Morgan fingerprint density at radius 1 is 0.957 bits per heavy atom. The molecule has 1 aromatic heterocycles. The Labute approximate surface area is 136 Å². The number of hydrogen-bond acceptors (Lipinski definition) is 3. The largest absolute Gasteiger partial charge is 0.497 e. The molecule has 3 aromatic rings. The van der Waals surface area contributed by atoms with E-state index in [2.05, 4.69) is 35.7 Å². The lowest BCUT2D eigenvalue weighted by molar-refractivity contribution is 0.414. The van der Waals surface area contributed by atoms with Gasteiger partial charge >= 0.3 is 0 Å². The van der Waals surface area contributed by atoms with Crippen molar-refractivity contribution in [2.45, 2.75) is 6.04 Å². The van der Waals surface area contributed by atoms with Crippen LogP contribution >= 0.6 is 0 Å². The third-order valence-electron chi connectivity index (χ3n) is 3.57. The van der Waals surface area contributed by atoms with E-state index < -0.39 is 0 Å². The van der Waals surface area contributed by atoms with Gasteiger partial charge in [-0.15, -0.1) is 0 Å². The van der Waals surface area contributed by atoms with E-state index in [0.717, 1.165) is 22.8 Å². The summed E-state index contributed by atoms with van der Waals surface area (Å²) in [5.41, 5.74) is 2.22. The van der Waals surface area contributed by atoms with Crippen molar-refractivity contribution >= 4 is 11.8 Å². The lowest BCUT2D eigenvalue weighted by Gasteiger charge is -2.17. The van der Waals surface area contributed by atoms with E-state index in [0.29, 0.717) is 0 Å². The Morgan fingerprint density at radius 3 is 2.39 bits per heavy atom. The molecule has 0 saturated carbocycles. The Hall–Kier alpha value is -2.94. The monoisotopic (exact) mass is 305 g/mol. The van der Waals surface area contributed by atoms with Crippen molar-refractivity contribution < 1.29 is 9.15 Å². The van der Waals surface area contributed by atoms with Crippen molar-refractivity contribution in [3.63, 3.8) is 0 Å². The van der Waals surface area contributed by atoms with Crippen molar-refractivity contribution in [3.05, 3.63) is 90.4 Å². The average Bonchev–Trinajstić information content (AvgIpc) is 3.13. The average molecular weight is 305 g/mol. The number of methoxy groups -OCH3 is 1. The summed E-state index contributed by atoms with van der Waals surface area (Å²) in [6.07, 6.45) is 5.74. The van der Waals surface area contributed by atoms with Gasteiger partial charge in [0, 0.05) is 5.69 Å². The number of nitrogens with one attached hydrogen (secondary N) is 1. The van der Waals surface area contributed by atoms with E-state index >= 15 is 0 Å². The minimum atomic E-state index is 0.0356. The van der Waals surface area contributed by atoms with Gasteiger partial charge in [-0.3, -0.25) is 0 Å². The molecular weight excluding hydrogens is 286 g/mol. The Bertz CT molecular complexity index is 731. The zero-order chi connectivity index (χ0) is 15.9. The van der Waals surface area contributed by atoms with Gasteiger partial charge in [0.25, 0.3) is 0 Å². The first kappa shape index (κ1) is 15.0. The maximum atomic E-state index is 5.37. The fraction of sp³-hybridized carbons (Fsp3) is 0.100. The molecule has 116 valence electrons. The van der Waals surface area contributed by atoms with Crippen LogP contribution in [0.2, 0.25) is 0 Å². The number of hydrogen-bond donors (Lipinski definition) is 1. The molecule has 0 fully saturated rings. The highest BCUT2D eigenvalue weighted by atomic mass is 16.5. The molecule has 23 heavy (non-hydrogen) atoms. The van der Waals surface area contributed by atoms with Crippen LogP contribution in [0.15, 0.2) is 83.5 Å². The van der Waals surface area contributed by atoms with E-state index in [1.54, 1.807) is 13.4 Å². The Morgan fingerprint density at radius 2 is 1.74 bits per heavy atom. The summed E-state index contributed by atoms with van der Waals surface area (Å²) in [7, 11) is 1.67. The second kappa shape index (κ2) is 7.36. The van der Waals surface area contributed by atoms with Gasteiger partial charge in [-0.05, 0) is 48.0 Å². The van der Waals surface area contributed by atoms with E-state index in [-0.39, 0.29) is 6.04 Å². The molecule has 1 N–H and O–H groups in total. The summed E-state index contributed by atoms with van der Waals surface area (Å²) in [5.74, 6) is 1.68. The molecule has 0 bridgehead atoms. The normalized spacial score (nSPS) is 12.2. The first-order valence-electron chi connectivity index (χ1n) is 7.52. The number of rotatable bonds is 6. The Kier molecular flexibility index (Phi) is 4.79.